The standard InChI is InChI=1S/C15H19NO2S/c1-3-12(2)13-6-8-15(9-7-13)19(17)16-11-14-5-4-10-18-14/h4-10,12,16H,3,11H2,1-2H3. The average Bonchev–Trinajstić information content (AvgIpc) is 2.97. The van der Waals surface area contributed by atoms with E-state index >= 15 is 0 Å². The highest BCUT2D eigenvalue weighted by Crippen LogP contribution is 2.19. The van der Waals surface area contributed by atoms with Gasteiger partial charge in [-0.05, 0) is 42.2 Å². The number of benzene rings is 1. The second kappa shape index (κ2) is 6.68. The van der Waals surface area contributed by atoms with Crippen LogP contribution in [0.5, 0.6) is 0 Å². The van der Waals surface area contributed by atoms with Crippen LogP contribution in [0.4, 0.5) is 0 Å². The summed E-state index contributed by atoms with van der Waals surface area (Å²) in [7, 11) is -1.20. The van der Waals surface area contributed by atoms with Crippen LogP contribution in [-0.4, -0.2) is 4.21 Å². The fourth-order valence-electron chi connectivity index (χ4n) is 1.79. The molecule has 1 heterocycles. The third-order valence-electron chi connectivity index (χ3n) is 3.23. The van der Waals surface area contributed by atoms with Gasteiger partial charge >= 0.3 is 0 Å². The van der Waals surface area contributed by atoms with Gasteiger partial charge in [0.25, 0.3) is 0 Å². The summed E-state index contributed by atoms with van der Waals surface area (Å²) in [5.41, 5.74) is 1.29. The highest BCUT2D eigenvalue weighted by molar-refractivity contribution is 7.83. The van der Waals surface area contributed by atoms with Crippen molar-refractivity contribution in [1.82, 2.24) is 4.72 Å². The van der Waals surface area contributed by atoms with Crippen molar-refractivity contribution in [3.8, 4) is 0 Å². The first-order chi connectivity index (χ1) is 9.20. The molecule has 3 nitrogen and oxygen atoms in total. The van der Waals surface area contributed by atoms with E-state index in [-0.39, 0.29) is 0 Å². The summed E-state index contributed by atoms with van der Waals surface area (Å²) in [6.07, 6.45) is 2.72. The lowest BCUT2D eigenvalue weighted by molar-refractivity contribution is 0.504. The molecule has 0 saturated carbocycles. The number of hydrogen-bond acceptors (Lipinski definition) is 2. The molecule has 2 aromatic rings. The van der Waals surface area contributed by atoms with Crippen LogP contribution >= 0.6 is 0 Å². The van der Waals surface area contributed by atoms with Crippen molar-refractivity contribution >= 4 is 11.0 Å². The molecule has 102 valence electrons. The van der Waals surface area contributed by atoms with Crippen molar-refractivity contribution in [3.05, 3.63) is 54.0 Å². The molecule has 0 spiro atoms. The third-order valence-corrected chi connectivity index (χ3v) is 4.34. The molecule has 1 N–H and O–H groups in total. The van der Waals surface area contributed by atoms with Crippen molar-refractivity contribution in [1.29, 1.82) is 0 Å². The maximum absolute atomic E-state index is 12.0. The Labute approximate surface area is 116 Å². The maximum atomic E-state index is 12.0. The summed E-state index contributed by atoms with van der Waals surface area (Å²) in [6.45, 7) is 4.83. The van der Waals surface area contributed by atoms with E-state index in [1.54, 1.807) is 6.26 Å². The Morgan fingerprint density at radius 2 is 2.00 bits per heavy atom. The van der Waals surface area contributed by atoms with Gasteiger partial charge in [-0.25, -0.2) is 8.93 Å². The van der Waals surface area contributed by atoms with Gasteiger partial charge < -0.3 is 4.42 Å². The minimum absolute atomic E-state index is 0.465. The summed E-state index contributed by atoms with van der Waals surface area (Å²) < 4.78 is 20.2. The van der Waals surface area contributed by atoms with E-state index in [0.29, 0.717) is 12.5 Å². The van der Waals surface area contributed by atoms with Crippen LogP contribution in [0.25, 0.3) is 0 Å². The fraction of sp³-hybridized carbons (Fsp3) is 0.333. The van der Waals surface area contributed by atoms with Crippen molar-refractivity contribution in [2.45, 2.75) is 37.6 Å². The zero-order chi connectivity index (χ0) is 13.7. The Morgan fingerprint density at radius 1 is 1.26 bits per heavy atom. The zero-order valence-corrected chi connectivity index (χ0v) is 12.1. The molecule has 0 amide bonds. The first-order valence-corrected chi connectivity index (χ1v) is 7.63. The van der Waals surface area contributed by atoms with Gasteiger partial charge in [0.2, 0.25) is 0 Å². The van der Waals surface area contributed by atoms with E-state index in [1.807, 2.05) is 24.3 Å². The van der Waals surface area contributed by atoms with Gasteiger partial charge in [-0.1, -0.05) is 26.0 Å². The number of hydrogen-bond donors (Lipinski definition) is 1. The van der Waals surface area contributed by atoms with E-state index in [0.717, 1.165) is 17.1 Å². The van der Waals surface area contributed by atoms with Crippen molar-refractivity contribution < 1.29 is 8.63 Å². The molecular formula is C15H19NO2S. The Hall–Kier alpha value is -1.39. The molecule has 0 radical (unpaired) electrons. The predicted octanol–water partition coefficient (Wildman–Crippen LogP) is 3.61. The second-order valence-corrected chi connectivity index (χ2v) is 5.85. The first-order valence-electron chi connectivity index (χ1n) is 6.48. The van der Waals surface area contributed by atoms with Crippen LogP contribution in [0.2, 0.25) is 0 Å². The van der Waals surface area contributed by atoms with Gasteiger partial charge in [-0.3, -0.25) is 0 Å². The first kappa shape index (κ1) is 14.0. The molecular weight excluding hydrogens is 258 g/mol. The topological polar surface area (TPSA) is 42.2 Å². The number of furan rings is 1. The molecule has 2 rings (SSSR count). The van der Waals surface area contributed by atoms with Crippen LogP contribution in [0.3, 0.4) is 0 Å². The quantitative estimate of drug-likeness (QED) is 0.876. The molecule has 19 heavy (non-hydrogen) atoms. The van der Waals surface area contributed by atoms with E-state index < -0.39 is 11.0 Å². The molecule has 2 unspecified atom stereocenters. The normalized spacial score (nSPS) is 14.2. The van der Waals surface area contributed by atoms with E-state index in [2.05, 4.69) is 30.7 Å². The Balaban J connectivity index is 1.95. The van der Waals surface area contributed by atoms with Crippen molar-refractivity contribution in [2.75, 3.05) is 0 Å². The molecule has 0 saturated heterocycles. The Bertz CT molecular complexity index is 520. The van der Waals surface area contributed by atoms with Crippen LogP contribution in [-0.2, 0) is 17.5 Å². The Morgan fingerprint density at radius 3 is 2.58 bits per heavy atom. The minimum atomic E-state index is -1.20. The summed E-state index contributed by atoms with van der Waals surface area (Å²) in [6, 6.07) is 11.6. The molecule has 0 bridgehead atoms. The molecule has 1 aromatic heterocycles. The van der Waals surface area contributed by atoms with Gasteiger partial charge in [-0.15, -0.1) is 0 Å². The average molecular weight is 277 g/mol. The fourth-order valence-corrected chi connectivity index (χ4v) is 2.61. The van der Waals surface area contributed by atoms with Crippen molar-refractivity contribution in [2.24, 2.45) is 0 Å². The minimum Gasteiger partial charge on any atom is -0.468 e. The summed E-state index contributed by atoms with van der Waals surface area (Å²) in [5, 5.41) is 0. The summed E-state index contributed by atoms with van der Waals surface area (Å²) >= 11 is 0. The number of rotatable bonds is 6. The second-order valence-electron chi connectivity index (χ2n) is 4.55. The SMILES string of the molecule is CCC(C)c1ccc(S(=O)NCc2ccco2)cc1. The third kappa shape index (κ3) is 3.78. The van der Waals surface area contributed by atoms with Gasteiger partial charge in [0.1, 0.15) is 16.7 Å². The molecule has 4 heteroatoms. The zero-order valence-electron chi connectivity index (χ0n) is 11.3. The summed E-state index contributed by atoms with van der Waals surface area (Å²) in [4.78, 5) is 0.790. The predicted molar refractivity (Wildman–Crippen MR) is 77.1 cm³/mol. The van der Waals surface area contributed by atoms with Crippen LogP contribution in [0.1, 0.15) is 37.5 Å². The highest BCUT2D eigenvalue weighted by atomic mass is 32.2. The lowest BCUT2D eigenvalue weighted by atomic mass is 9.99. The van der Waals surface area contributed by atoms with E-state index in [1.165, 1.54) is 5.56 Å². The maximum Gasteiger partial charge on any atom is 0.125 e. The van der Waals surface area contributed by atoms with Crippen LogP contribution in [0, 0.1) is 0 Å². The molecule has 2 atom stereocenters. The van der Waals surface area contributed by atoms with Crippen LogP contribution < -0.4 is 4.72 Å². The Kier molecular flexibility index (Phi) is 4.93. The van der Waals surface area contributed by atoms with Gasteiger partial charge in [0.05, 0.1) is 17.7 Å². The monoisotopic (exact) mass is 277 g/mol. The van der Waals surface area contributed by atoms with Crippen LogP contribution in [0.15, 0.2) is 52.0 Å². The van der Waals surface area contributed by atoms with E-state index in [4.69, 9.17) is 4.42 Å². The lowest BCUT2D eigenvalue weighted by Crippen LogP contribution is -2.16. The highest BCUT2D eigenvalue weighted by Gasteiger charge is 2.07. The van der Waals surface area contributed by atoms with E-state index in [9.17, 15) is 4.21 Å². The van der Waals surface area contributed by atoms with Gasteiger partial charge in [-0.2, -0.15) is 0 Å². The molecule has 0 fully saturated rings. The molecule has 1 aromatic carbocycles. The molecule has 0 aliphatic rings. The largest absolute Gasteiger partial charge is 0.468 e. The smallest absolute Gasteiger partial charge is 0.125 e. The molecule has 0 aliphatic heterocycles. The molecule has 0 aliphatic carbocycles. The van der Waals surface area contributed by atoms with Gasteiger partial charge in [0.15, 0.2) is 0 Å². The lowest BCUT2D eigenvalue weighted by Gasteiger charge is -2.09. The van der Waals surface area contributed by atoms with Crippen molar-refractivity contribution in [3.63, 3.8) is 0 Å². The summed E-state index contributed by atoms with van der Waals surface area (Å²) in [5.74, 6) is 1.32. The van der Waals surface area contributed by atoms with Gasteiger partial charge in [0, 0.05) is 0 Å². The number of nitrogens with one attached hydrogen (secondary N) is 1.